The molecule has 24 heavy (non-hydrogen) atoms. The molecule has 0 atom stereocenters. The molecule has 0 aliphatic heterocycles. The van der Waals surface area contributed by atoms with E-state index in [0.29, 0.717) is 0 Å². The largest absolute Gasteiger partial charge is 0.318 e. The molecule has 0 unspecified atom stereocenters. The summed E-state index contributed by atoms with van der Waals surface area (Å²) >= 11 is 7.40. The van der Waals surface area contributed by atoms with Crippen LogP contribution in [0.1, 0.15) is 24.6 Å². The molecule has 4 heteroatoms. The molecule has 0 spiro atoms. The molecule has 126 valence electrons. The number of thiazole rings is 1. The van der Waals surface area contributed by atoms with Gasteiger partial charge in [-0.25, -0.2) is 0 Å². The minimum absolute atomic E-state index is 0.754. The first-order valence-corrected chi connectivity index (χ1v) is 9.43. The highest BCUT2D eigenvalue weighted by atomic mass is 32.1. The van der Waals surface area contributed by atoms with Gasteiger partial charge >= 0.3 is 0 Å². The molecule has 1 aromatic carbocycles. The molecule has 2 rings (SSSR count). The Hall–Kier alpha value is -1.78. The van der Waals surface area contributed by atoms with Crippen molar-refractivity contribution in [1.82, 2.24) is 4.57 Å². The van der Waals surface area contributed by atoms with Gasteiger partial charge in [0.25, 0.3) is 0 Å². The molecule has 0 aliphatic carbocycles. The van der Waals surface area contributed by atoms with E-state index in [1.807, 2.05) is 18.4 Å². The second kappa shape index (κ2) is 9.50. The highest BCUT2D eigenvalue weighted by molar-refractivity contribution is 7.73. The molecule has 0 aliphatic rings. The zero-order valence-corrected chi connectivity index (χ0v) is 16.0. The third kappa shape index (κ3) is 4.62. The smallest absolute Gasteiger partial charge is 0.162 e. The number of benzene rings is 1. The maximum atomic E-state index is 5.67. The predicted octanol–water partition coefficient (Wildman–Crippen LogP) is 6.10. The number of allylic oxidation sites excluding steroid dienone is 3. The minimum atomic E-state index is 0.754. The summed E-state index contributed by atoms with van der Waals surface area (Å²) < 4.78 is 3.17. The normalized spacial score (nSPS) is 12.0. The average Bonchev–Trinajstić information content (AvgIpc) is 2.90. The summed E-state index contributed by atoms with van der Waals surface area (Å²) in [4.78, 5) is 5.40. The summed E-state index contributed by atoms with van der Waals surface area (Å²) in [5.41, 5.74) is 3.65. The summed E-state index contributed by atoms with van der Waals surface area (Å²) in [7, 11) is 1.79. The van der Waals surface area contributed by atoms with Crippen molar-refractivity contribution in [2.75, 3.05) is 7.05 Å². The van der Waals surface area contributed by atoms with Gasteiger partial charge in [-0.05, 0) is 29.8 Å². The van der Waals surface area contributed by atoms with E-state index in [9.17, 15) is 0 Å². The third-order valence-electron chi connectivity index (χ3n) is 3.76. The molecule has 0 saturated carbocycles. The topological polar surface area (TPSA) is 17.3 Å². The summed E-state index contributed by atoms with van der Waals surface area (Å²) in [5, 5.41) is 0. The van der Waals surface area contributed by atoms with Crippen LogP contribution in [0.3, 0.4) is 0 Å². The van der Waals surface area contributed by atoms with Crippen LogP contribution in [-0.4, -0.2) is 17.8 Å². The van der Waals surface area contributed by atoms with Crippen molar-refractivity contribution in [3.05, 3.63) is 63.5 Å². The molecule has 0 amide bonds. The first kappa shape index (κ1) is 18.6. The molecule has 1 aromatic heterocycles. The van der Waals surface area contributed by atoms with Gasteiger partial charge in [-0.15, -0.1) is 11.3 Å². The Morgan fingerprint density at radius 3 is 2.71 bits per heavy atom. The standard InChI is InChI=1S/C20H24N2S2/c1-4-10-18-19(17-12-7-6-8-13-17)22(20(23)24-18)15-16(5-2)11-9-14-21-3/h5-8,11-14H,2,4,9-10,15H2,1,3H3. The molecular formula is C20H24N2S2. The van der Waals surface area contributed by atoms with E-state index in [1.165, 1.54) is 21.7 Å². The molecule has 0 saturated heterocycles. The summed E-state index contributed by atoms with van der Waals surface area (Å²) in [6.07, 6.45) is 8.97. The zero-order chi connectivity index (χ0) is 17.4. The van der Waals surface area contributed by atoms with Crippen molar-refractivity contribution in [3.63, 3.8) is 0 Å². The van der Waals surface area contributed by atoms with E-state index in [0.717, 1.165) is 29.8 Å². The van der Waals surface area contributed by atoms with Gasteiger partial charge in [0.1, 0.15) is 0 Å². The highest BCUT2D eigenvalue weighted by Gasteiger charge is 2.14. The molecule has 0 fully saturated rings. The Bertz CT molecular complexity index is 780. The number of rotatable bonds is 8. The SMILES string of the molecule is C=CC(=CCC=NC)Cn1c(-c2ccccc2)c(CCC)sc1=S. The third-order valence-corrected chi connectivity index (χ3v) is 5.27. The molecule has 1 heterocycles. The summed E-state index contributed by atoms with van der Waals surface area (Å²) in [6.45, 7) is 6.92. The number of aliphatic imine (C=N–C) groups is 1. The van der Waals surface area contributed by atoms with E-state index in [-0.39, 0.29) is 0 Å². The Morgan fingerprint density at radius 1 is 1.33 bits per heavy atom. The van der Waals surface area contributed by atoms with E-state index in [2.05, 4.69) is 53.4 Å². The van der Waals surface area contributed by atoms with Gasteiger partial charge in [-0.3, -0.25) is 0 Å². The van der Waals surface area contributed by atoms with Crippen molar-refractivity contribution < 1.29 is 0 Å². The second-order valence-corrected chi connectivity index (χ2v) is 7.23. The minimum Gasteiger partial charge on any atom is -0.318 e. The quantitative estimate of drug-likeness (QED) is 0.317. The van der Waals surface area contributed by atoms with Crippen LogP contribution < -0.4 is 0 Å². The maximum Gasteiger partial charge on any atom is 0.162 e. The molecule has 2 nitrogen and oxygen atoms in total. The van der Waals surface area contributed by atoms with E-state index in [4.69, 9.17) is 12.2 Å². The number of aryl methyl sites for hydroxylation is 1. The van der Waals surface area contributed by atoms with Gasteiger partial charge in [-0.1, -0.05) is 62.4 Å². The molecule has 2 aromatic rings. The van der Waals surface area contributed by atoms with Gasteiger partial charge in [0.05, 0.1) is 5.69 Å². The number of hydrogen-bond acceptors (Lipinski definition) is 3. The summed E-state index contributed by atoms with van der Waals surface area (Å²) in [6, 6.07) is 10.5. The first-order valence-electron chi connectivity index (χ1n) is 8.21. The molecule has 0 N–H and O–H groups in total. The van der Waals surface area contributed by atoms with Crippen LogP contribution in [-0.2, 0) is 13.0 Å². The highest BCUT2D eigenvalue weighted by Crippen LogP contribution is 2.31. The number of hydrogen-bond donors (Lipinski definition) is 0. The van der Waals surface area contributed by atoms with Crippen molar-refractivity contribution in [3.8, 4) is 11.3 Å². The summed E-state index contributed by atoms with van der Waals surface area (Å²) in [5.74, 6) is 0. The van der Waals surface area contributed by atoms with Crippen LogP contribution in [0.4, 0.5) is 0 Å². The van der Waals surface area contributed by atoms with Gasteiger partial charge < -0.3 is 9.56 Å². The molecular weight excluding hydrogens is 332 g/mol. The Morgan fingerprint density at radius 2 is 2.08 bits per heavy atom. The lowest BCUT2D eigenvalue weighted by atomic mass is 10.1. The average molecular weight is 357 g/mol. The maximum absolute atomic E-state index is 5.67. The predicted molar refractivity (Wildman–Crippen MR) is 110 cm³/mol. The monoisotopic (exact) mass is 356 g/mol. The van der Waals surface area contributed by atoms with Crippen molar-refractivity contribution in [2.45, 2.75) is 32.7 Å². The number of aromatic nitrogens is 1. The zero-order valence-electron chi connectivity index (χ0n) is 14.4. The van der Waals surface area contributed by atoms with Crippen LogP contribution in [0.5, 0.6) is 0 Å². The van der Waals surface area contributed by atoms with Crippen LogP contribution in [0.25, 0.3) is 11.3 Å². The fourth-order valence-corrected chi connectivity index (χ4v) is 4.17. The van der Waals surface area contributed by atoms with E-state index >= 15 is 0 Å². The number of nitrogens with zero attached hydrogens (tertiary/aromatic N) is 2. The fraction of sp³-hybridized carbons (Fsp3) is 0.300. The molecule has 0 bridgehead atoms. The molecule has 0 radical (unpaired) electrons. The van der Waals surface area contributed by atoms with Crippen LogP contribution in [0.15, 0.2) is 59.6 Å². The van der Waals surface area contributed by atoms with E-state index in [1.54, 1.807) is 18.4 Å². The Balaban J connectivity index is 2.47. The lowest BCUT2D eigenvalue weighted by molar-refractivity contribution is 0.797. The van der Waals surface area contributed by atoms with Crippen molar-refractivity contribution in [1.29, 1.82) is 0 Å². The van der Waals surface area contributed by atoms with Gasteiger partial charge in [0, 0.05) is 31.1 Å². The lowest BCUT2D eigenvalue weighted by Gasteiger charge is -2.12. The first-order chi connectivity index (χ1) is 11.7. The van der Waals surface area contributed by atoms with E-state index < -0.39 is 0 Å². The van der Waals surface area contributed by atoms with Gasteiger partial charge in [0.15, 0.2) is 3.95 Å². The Labute approximate surface area is 153 Å². The second-order valence-electron chi connectivity index (χ2n) is 5.50. The van der Waals surface area contributed by atoms with Gasteiger partial charge in [0.2, 0.25) is 0 Å². The van der Waals surface area contributed by atoms with Gasteiger partial charge in [-0.2, -0.15) is 0 Å². The Kier molecular flexibility index (Phi) is 7.35. The lowest BCUT2D eigenvalue weighted by Crippen LogP contribution is -2.03. The fourth-order valence-electron chi connectivity index (χ4n) is 2.61. The van der Waals surface area contributed by atoms with Crippen LogP contribution in [0.2, 0.25) is 0 Å². The van der Waals surface area contributed by atoms with Crippen molar-refractivity contribution >= 4 is 29.8 Å². The van der Waals surface area contributed by atoms with Crippen LogP contribution >= 0.6 is 23.6 Å². The van der Waals surface area contributed by atoms with Crippen LogP contribution in [0, 0.1) is 3.95 Å². The van der Waals surface area contributed by atoms with Crippen molar-refractivity contribution in [2.24, 2.45) is 4.99 Å².